The lowest BCUT2D eigenvalue weighted by Crippen LogP contribution is -2.19. The molecule has 0 atom stereocenters. The molecule has 5 aromatic rings. The topological polar surface area (TPSA) is 105 Å². The zero-order chi connectivity index (χ0) is 25.1. The molecule has 3 aromatic carbocycles. The number of alkyl halides is 3. The number of hydrogen-bond acceptors (Lipinski definition) is 5. The number of halogens is 3. The summed E-state index contributed by atoms with van der Waals surface area (Å²) in [4.78, 5) is 20.9. The number of amides is 2. The number of hydrogen-bond donors (Lipinski definition) is 3. The van der Waals surface area contributed by atoms with E-state index in [2.05, 4.69) is 30.8 Å². The van der Waals surface area contributed by atoms with Crippen molar-refractivity contribution < 1.29 is 22.7 Å². The van der Waals surface area contributed by atoms with E-state index >= 15 is 0 Å². The zero-order valence-electron chi connectivity index (χ0n) is 18.4. The highest BCUT2D eigenvalue weighted by molar-refractivity contribution is 5.99. The summed E-state index contributed by atoms with van der Waals surface area (Å²) in [5, 5.41) is 12.7. The van der Waals surface area contributed by atoms with Gasteiger partial charge in [-0.15, -0.1) is 0 Å². The van der Waals surface area contributed by atoms with E-state index in [1.54, 1.807) is 36.5 Å². The molecule has 0 unspecified atom stereocenters. The van der Waals surface area contributed by atoms with E-state index in [-0.39, 0.29) is 5.69 Å². The summed E-state index contributed by atoms with van der Waals surface area (Å²) in [5.74, 6) is 0.984. The molecule has 0 spiro atoms. The van der Waals surface area contributed by atoms with Crippen LogP contribution in [0, 0.1) is 0 Å². The van der Waals surface area contributed by atoms with Crippen LogP contribution in [0.3, 0.4) is 0 Å². The van der Waals surface area contributed by atoms with E-state index in [1.807, 2.05) is 18.2 Å². The number of aromatic amines is 1. The Balaban J connectivity index is 1.31. The first-order valence-electron chi connectivity index (χ1n) is 10.6. The van der Waals surface area contributed by atoms with Gasteiger partial charge in [-0.1, -0.05) is 18.2 Å². The van der Waals surface area contributed by atoms with Crippen molar-refractivity contribution in [3.8, 4) is 22.8 Å². The second kappa shape index (κ2) is 9.37. The van der Waals surface area contributed by atoms with Crippen molar-refractivity contribution >= 4 is 28.4 Å². The molecule has 0 aliphatic rings. The van der Waals surface area contributed by atoms with Crippen molar-refractivity contribution in [2.24, 2.45) is 0 Å². The fourth-order valence-corrected chi connectivity index (χ4v) is 3.53. The number of nitrogens with zero attached hydrogens (tertiary/aromatic N) is 3. The van der Waals surface area contributed by atoms with E-state index in [9.17, 15) is 18.0 Å². The van der Waals surface area contributed by atoms with Gasteiger partial charge in [0.1, 0.15) is 17.8 Å². The van der Waals surface area contributed by atoms with Crippen LogP contribution in [-0.4, -0.2) is 26.2 Å². The van der Waals surface area contributed by atoms with Crippen molar-refractivity contribution in [3.05, 3.63) is 90.9 Å². The first-order valence-corrected chi connectivity index (χ1v) is 10.6. The van der Waals surface area contributed by atoms with Crippen molar-refractivity contribution in [2.75, 3.05) is 10.6 Å². The lowest BCUT2D eigenvalue weighted by atomic mass is 10.1. The zero-order valence-corrected chi connectivity index (χ0v) is 18.4. The molecular weight excluding hydrogens is 473 g/mol. The Morgan fingerprint density at radius 1 is 0.889 bits per heavy atom. The number of anilines is 2. The van der Waals surface area contributed by atoms with Crippen LogP contribution in [0.4, 0.5) is 29.3 Å². The fourth-order valence-electron chi connectivity index (χ4n) is 3.53. The maximum absolute atomic E-state index is 12.7. The van der Waals surface area contributed by atoms with Gasteiger partial charge in [-0.05, 0) is 48.5 Å². The van der Waals surface area contributed by atoms with Crippen LogP contribution in [0.5, 0.6) is 11.5 Å². The van der Waals surface area contributed by atoms with Crippen LogP contribution >= 0.6 is 0 Å². The Morgan fingerprint density at radius 2 is 1.67 bits per heavy atom. The van der Waals surface area contributed by atoms with Crippen molar-refractivity contribution in [3.63, 3.8) is 0 Å². The van der Waals surface area contributed by atoms with Gasteiger partial charge in [0.05, 0.1) is 22.8 Å². The number of carbonyl (C=O) groups excluding carboxylic acids is 1. The van der Waals surface area contributed by atoms with Gasteiger partial charge in [0.15, 0.2) is 5.65 Å². The maximum Gasteiger partial charge on any atom is 0.416 e. The van der Waals surface area contributed by atoms with E-state index in [0.717, 1.165) is 23.1 Å². The molecule has 0 aliphatic heterocycles. The van der Waals surface area contributed by atoms with Gasteiger partial charge in [0.2, 0.25) is 0 Å². The predicted octanol–water partition coefficient (Wildman–Crippen LogP) is 6.48. The van der Waals surface area contributed by atoms with Crippen molar-refractivity contribution in [1.29, 1.82) is 0 Å². The van der Waals surface area contributed by atoms with Crippen LogP contribution in [0.1, 0.15) is 5.56 Å². The predicted molar refractivity (Wildman–Crippen MR) is 128 cm³/mol. The monoisotopic (exact) mass is 490 g/mol. The first kappa shape index (κ1) is 22.8. The van der Waals surface area contributed by atoms with E-state index < -0.39 is 17.8 Å². The molecule has 5 rings (SSSR count). The largest absolute Gasteiger partial charge is 0.457 e. The van der Waals surface area contributed by atoms with Gasteiger partial charge in [0, 0.05) is 23.0 Å². The Bertz CT molecular complexity index is 1530. The third kappa shape index (κ3) is 4.94. The van der Waals surface area contributed by atoms with Crippen LogP contribution < -0.4 is 15.4 Å². The molecule has 11 heteroatoms. The lowest BCUT2D eigenvalue weighted by molar-refractivity contribution is -0.137. The Morgan fingerprint density at radius 3 is 2.47 bits per heavy atom. The minimum atomic E-state index is -4.45. The number of carbonyl (C=O) groups is 1. The summed E-state index contributed by atoms with van der Waals surface area (Å²) >= 11 is 0. The molecule has 0 fully saturated rings. The quantitative estimate of drug-likeness (QED) is 0.262. The van der Waals surface area contributed by atoms with Crippen molar-refractivity contribution in [2.45, 2.75) is 6.18 Å². The summed E-state index contributed by atoms with van der Waals surface area (Å²) in [6.45, 7) is 0. The van der Waals surface area contributed by atoms with E-state index in [0.29, 0.717) is 28.5 Å². The number of benzene rings is 3. The molecule has 0 aliphatic carbocycles. The SMILES string of the molecule is O=C(Nc1ccc(C(F)(F)F)cc1)Nc1cccc(Oc2ccccc2-c2ncnc3[nH]ncc23)c1. The standard InChI is InChI=1S/C25H17F3N6O2/c26-25(27,28)15-8-10-16(11-9-15)32-24(35)33-17-4-3-5-18(12-17)36-21-7-2-1-6-19(21)22-20-13-31-34-23(20)30-14-29-22/h1-14H,(H2,32,33,35)(H,29,30,31,34). The number of rotatable bonds is 5. The van der Waals surface area contributed by atoms with Gasteiger partial charge in [-0.3, -0.25) is 5.10 Å². The summed E-state index contributed by atoms with van der Waals surface area (Å²) in [6.07, 6.45) is -1.37. The molecule has 2 heterocycles. The number of urea groups is 1. The van der Waals surface area contributed by atoms with Gasteiger partial charge in [0.25, 0.3) is 0 Å². The number of aromatic nitrogens is 4. The molecule has 0 radical (unpaired) electrons. The number of nitrogens with one attached hydrogen (secondary N) is 3. The second-order valence-electron chi connectivity index (χ2n) is 7.63. The molecule has 3 N–H and O–H groups in total. The van der Waals surface area contributed by atoms with Gasteiger partial charge < -0.3 is 15.4 Å². The average Bonchev–Trinajstić information content (AvgIpc) is 3.34. The third-order valence-electron chi connectivity index (χ3n) is 5.18. The number of H-pyrrole nitrogens is 1. The molecule has 0 saturated carbocycles. The molecule has 180 valence electrons. The highest BCUT2D eigenvalue weighted by atomic mass is 19.4. The molecule has 36 heavy (non-hydrogen) atoms. The Hall–Kier alpha value is -4.93. The summed E-state index contributed by atoms with van der Waals surface area (Å²) in [7, 11) is 0. The number of fused-ring (bicyclic) bond motifs is 1. The van der Waals surface area contributed by atoms with Crippen LogP contribution in [0.2, 0.25) is 0 Å². The minimum Gasteiger partial charge on any atom is -0.457 e. The van der Waals surface area contributed by atoms with Crippen molar-refractivity contribution in [1.82, 2.24) is 20.2 Å². The molecule has 0 bridgehead atoms. The maximum atomic E-state index is 12.7. The van der Waals surface area contributed by atoms with Crippen LogP contribution in [0.15, 0.2) is 85.3 Å². The summed E-state index contributed by atoms with van der Waals surface area (Å²) in [5.41, 5.74) is 1.82. The van der Waals surface area contributed by atoms with Crippen LogP contribution in [-0.2, 0) is 6.18 Å². The average molecular weight is 490 g/mol. The number of para-hydroxylation sites is 1. The Labute approximate surface area is 202 Å². The van der Waals surface area contributed by atoms with Gasteiger partial charge in [-0.25, -0.2) is 14.8 Å². The summed E-state index contributed by atoms with van der Waals surface area (Å²) in [6, 6.07) is 17.6. The minimum absolute atomic E-state index is 0.220. The fraction of sp³-hybridized carbons (Fsp3) is 0.0400. The molecular formula is C25H17F3N6O2. The first-order chi connectivity index (χ1) is 17.4. The smallest absolute Gasteiger partial charge is 0.416 e. The number of ether oxygens (including phenoxy) is 1. The van der Waals surface area contributed by atoms with Gasteiger partial charge >= 0.3 is 12.2 Å². The highest BCUT2D eigenvalue weighted by Crippen LogP contribution is 2.35. The van der Waals surface area contributed by atoms with Crippen LogP contribution in [0.25, 0.3) is 22.3 Å². The summed E-state index contributed by atoms with van der Waals surface area (Å²) < 4.78 is 44.3. The van der Waals surface area contributed by atoms with E-state index in [1.165, 1.54) is 18.5 Å². The molecule has 2 amide bonds. The lowest BCUT2D eigenvalue weighted by Gasteiger charge is -2.13. The molecule has 2 aromatic heterocycles. The molecule has 0 saturated heterocycles. The van der Waals surface area contributed by atoms with Gasteiger partial charge in [-0.2, -0.15) is 18.3 Å². The van der Waals surface area contributed by atoms with E-state index in [4.69, 9.17) is 4.74 Å². The highest BCUT2D eigenvalue weighted by Gasteiger charge is 2.30. The third-order valence-corrected chi connectivity index (χ3v) is 5.18. The Kier molecular flexibility index (Phi) is 5.95. The normalized spacial score (nSPS) is 11.3. The molecule has 8 nitrogen and oxygen atoms in total. The second-order valence-corrected chi connectivity index (χ2v) is 7.63.